The molecular weight excluding hydrogens is 841 g/mol. The number of rotatable bonds is 55. The van der Waals surface area contributed by atoms with Crippen LogP contribution in [0.3, 0.4) is 0 Å². The van der Waals surface area contributed by atoms with E-state index in [1.54, 1.807) is 0 Å². The first-order valence-corrected chi connectivity index (χ1v) is 30.6. The van der Waals surface area contributed by atoms with Crippen molar-refractivity contribution in [3.05, 3.63) is 0 Å². The van der Waals surface area contributed by atoms with Gasteiger partial charge in [0.1, 0.15) is 13.2 Å². The largest absolute Gasteiger partial charge is 0.462 e. The second kappa shape index (κ2) is 53.2. The summed E-state index contributed by atoms with van der Waals surface area (Å²) in [5.41, 5.74) is 0. The summed E-state index contributed by atoms with van der Waals surface area (Å²) in [7, 11) is 0. The van der Waals surface area contributed by atoms with Gasteiger partial charge in [-0.1, -0.05) is 305 Å². The first-order valence-electron chi connectivity index (χ1n) is 30.6. The normalized spacial score (nSPS) is 12.1. The molecule has 0 aliphatic rings. The van der Waals surface area contributed by atoms with Gasteiger partial charge in [-0.05, 0) is 37.0 Å². The molecule has 0 aromatic carbocycles. The molecule has 6 heteroatoms. The molecule has 1 atom stereocenters. The molecule has 0 spiro atoms. The predicted octanol–water partition coefficient (Wildman–Crippen LogP) is 20.3. The van der Waals surface area contributed by atoms with Crippen LogP contribution in [0.5, 0.6) is 0 Å². The van der Waals surface area contributed by atoms with E-state index < -0.39 is 6.10 Å². The standard InChI is InChI=1S/C62H120O6/c1-56(2)48-42-36-30-24-18-14-11-9-7-8-10-12-16-20-27-33-39-45-51-60(63)66-54-59(55-67-61(64)52-46-40-34-28-23-22-26-32-38-44-50-58(5)6)68-62(65)53-47-41-35-29-21-17-13-15-19-25-31-37-43-49-57(3)4/h56-59H,7-55H2,1-6H3/t59-/m0/s1. The molecule has 404 valence electrons. The lowest BCUT2D eigenvalue weighted by molar-refractivity contribution is -0.167. The predicted molar refractivity (Wildman–Crippen MR) is 293 cm³/mol. The fourth-order valence-corrected chi connectivity index (χ4v) is 9.53. The third-order valence-electron chi connectivity index (χ3n) is 14.1. The second-order valence-corrected chi connectivity index (χ2v) is 22.8. The fraction of sp³-hybridized carbons (Fsp3) is 0.952. The number of hydrogen-bond donors (Lipinski definition) is 0. The highest BCUT2D eigenvalue weighted by atomic mass is 16.6. The number of ether oxygens (including phenoxy) is 3. The van der Waals surface area contributed by atoms with E-state index >= 15 is 0 Å². The molecule has 0 N–H and O–H groups in total. The van der Waals surface area contributed by atoms with E-state index in [0.29, 0.717) is 19.3 Å². The van der Waals surface area contributed by atoms with Gasteiger partial charge in [0.25, 0.3) is 0 Å². The lowest BCUT2D eigenvalue weighted by Gasteiger charge is -2.18. The molecule has 0 unspecified atom stereocenters. The highest BCUT2D eigenvalue weighted by Gasteiger charge is 2.19. The molecule has 0 amide bonds. The van der Waals surface area contributed by atoms with Gasteiger partial charge in [0, 0.05) is 19.3 Å². The molecule has 0 rings (SSSR count). The lowest BCUT2D eigenvalue weighted by Crippen LogP contribution is -2.30. The van der Waals surface area contributed by atoms with Crippen LogP contribution in [0.15, 0.2) is 0 Å². The summed E-state index contributed by atoms with van der Waals surface area (Å²) in [6, 6.07) is 0. The molecule has 0 saturated carbocycles. The van der Waals surface area contributed by atoms with Crippen LogP contribution >= 0.6 is 0 Å². The van der Waals surface area contributed by atoms with E-state index in [1.165, 1.54) is 225 Å². The molecule has 0 heterocycles. The number of carbonyl (C=O) groups excluding carboxylic acids is 3. The third-order valence-corrected chi connectivity index (χ3v) is 14.1. The van der Waals surface area contributed by atoms with Crippen LogP contribution in [0.4, 0.5) is 0 Å². The van der Waals surface area contributed by atoms with Gasteiger partial charge in [0.15, 0.2) is 6.10 Å². The maximum atomic E-state index is 12.9. The highest BCUT2D eigenvalue weighted by molar-refractivity contribution is 5.71. The summed E-state index contributed by atoms with van der Waals surface area (Å²) < 4.78 is 16.9. The summed E-state index contributed by atoms with van der Waals surface area (Å²) in [5.74, 6) is 1.68. The summed E-state index contributed by atoms with van der Waals surface area (Å²) >= 11 is 0. The van der Waals surface area contributed by atoms with Crippen LogP contribution in [0.2, 0.25) is 0 Å². The van der Waals surface area contributed by atoms with Crippen molar-refractivity contribution < 1.29 is 28.6 Å². The lowest BCUT2D eigenvalue weighted by atomic mass is 10.0. The Kier molecular flexibility index (Phi) is 52.0. The van der Waals surface area contributed by atoms with Gasteiger partial charge in [-0.3, -0.25) is 14.4 Å². The van der Waals surface area contributed by atoms with Gasteiger partial charge in [-0.25, -0.2) is 0 Å². The average molecular weight is 962 g/mol. The molecule has 0 bridgehead atoms. The maximum absolute atomic E-state index is 12.9. The summed E-state index contributed by atoms with van der Waals surface area (Å²) in [6.07, 6.45) is 56.7. The Morgan fingerprint density at radius 1 is 0.250 bits per heavy atom. The summed E-state index contributed by atoms with van der Waals surface area (Å²) in [4.78, 5) is 38.2. The molecule has 0 aliphatic carbocycles. The van der Waals surface area contributed by atoms with Crippen molar-refractivity contribution in [2.45, 2.75) is 349 Å². The fourth-order valence-electron chi connectivity index (χ4n) is 9.53. The maximum Gasteiger partial charge on any atom is 0.306 e. The van der Waals surface area contributed by atoms with Crippen LogP contribution in [0.25, 0.3) is 0 Å². The summed E-state index contributed by atoms with van der Waals surface area (Å²) in [6.45, 7) is 13.8. The van der Waals surface area contributed by atoms with Crippen molar-refractivity contribution in [1.82, 2.24) is 0 Å². The highest BCUT2D eigenvalue weighted by Crippen LogP contribution is 2.19. The van der Waals surface area contributed by atoms with Crippen molar-refractivity contribution in [1.29, 1.82) is 0 Å². The van der Waals surface area contributed by atoms with Crippen LogP contribution in [0, 0.1) is 17.8 Å². The Balaban J connectivity index is 4.25. The Morgan fingerprint density at radius 3 is 0.632 bits per heavy atom. The van der Waals surface area contributed by atoms with Crippen LogP contribution in [-0.2, 0) is 28.6 Å². The zero-order valence-electron chi connectivity index (χ0n) is 46.9. The molecule has 0 radical (unpaired) electrons. The van der Waals surface area contributed by atoms with Crippen molar-refractivity contribution in [2.75, 3.05) is 13.2 Å². The quantitative estimate of drug-likeness (QED) is 0.0343. The number of carbonyl (C=O) groups is 3. The van der Waals surface area contributed by atoms with Crippen molar-refractivity contribution in [3.63, 3.8) is 0 Å². The van der Waals surface area contributed by atoms with Gasteiger partial charge in [0.2, 0.25) is 0 Å². The topological polar surface area (TPSA) is 78.9 Å². The molecular formula is C62H120O6. The van der Waals surface area contributed by atoms with E-state index in [2.05, 4.69) is 41.5 Å². The van der Waals surface area contributed by atoms with Gasteiger partial charge in [0.05, 0.1) is 0 Å². The molecule has 68 heavy (non-hydrogen) atoms. The average Bonchev–Trinajstić information content (AvgIpc) is 3.30. The van der Waals surface area contributed by atoms with Gasteiger partial charge in [-0.2, -0.15) is 0 Å². The summed E-state index contributed by atoms with van der Waals surface area (Å²) in [5, 5.41) is 0. The number of esters is 3. The first-order chi connectivity index (χ1) is 33.1. The van der Waals surface area contributed by atoms with Crippen molar-refractivity contribution in [2.24, 2.45) is 17.8 Å². The molecule has 0 aliphatic heterocycles. The van der Waals surface area contributed by atoms with Crippen molar-refractivity contribution >= 4 is 17.9 Å². The third kappa shape index (κ3) is 55.3. The van der Waals surface area contributed by atoms with E-state index in [1.807, 2.05) is 0 Å². The first kappa shape index (κ1) is 66.4. The van der Waals surface area contributed by atoms with E-state index in [-0.39, 0.29) is 31.1 Å². The van der Waals surface area contributed by atoms with Crippen LogP contribution < -0.4 is 0 Å². The minimum absolute atomic E-state index is 0.0631. The zero-order chi connectivity index (χ0) is 49.8. The molecule has 0 aromatic rings. The molecule has 0 aromatic heterocycles. The van der Waals surface area contributed by atoms with Gasteiger partial charge in [-0.15, -0.1) is 0 Å². The van der Waals surface area contributed by atoms with Crippen LogP contribution in [-0.4, -0.2) is 37.2 Å². The molecule has 0 fully saturated rings. The number of hydrogen-bond acceptors (Lipinski definition) is 6. The smallest absolute Gasteiger partial charge is 0.306 e. The zero-order valence-corrected chi connectivity index (χ0v) is 46.9. The van der Waals surface area contributed by atoms with E-state index in [4.69, 9.17) is 14.2 Å². The molecule has 6 nitrogen and oxygen atoms in total. The van der Waals surface area contributed by atoms with Gasteiger partial charge < -0.3 is 14.2 Å². The van der Waals surface area contributed by atoms with E-state index in [9.17, 15) is 14.4 Å². The monoisotopic (exact) mass is 961 g/mol. The SMILES string of the molecule is CC(C)CCCCCCCCCCCCCCCCCCCCC(=O)OC[C@@H](COC(=O)CCCCCCCCCCCCC(C)C)OC(=O)CCCCCCCCCCCCCCCC(C)C. The molecule has 0 saturated heterocycles. The van der Waals surface area contributed by atoms with Crippen molar-refractivity contribution in [3.8, 4) is 0 Å². The number of unbranched alkanes of at least 4 members (excludes halogenated alkanes) is 38. The Labute approximate surface area is 425 Å². The van der Waals surface area contributed by atoms with Crippen LogP contribution in [0.1, 0.15) is 343 Å². The second-order valence-electron chi connectivity index (χ2n) is 22.8. The minimum atomic E-state index is -0.764. The van der Waals surface area contributed by atoms with Gasteiger partial charge >= 0.3 is 17.9 Å². The van der Waals surface area contributed by atoms with E-state index in [0.717, 1.165) is 75.5 Å². The Morgan fingerprint density at radius 2 is 0.426 bits per heavy atom. The minimum Gasteiger partial charge on any atom is -0.462 e. The Hall–Kier alpha value is -1.59. The Bertz CT molecular complexity index is 1050.